The first kappa shape index (κ1) is 18.6. The van der Waals surface area contributed by atoms with Gasteiger partial charge < -0.3 is 16.0 Å². The minimum Gasteiger partial charge on any atom is -0.376 e. The SMILES string of the molecule is Cc1ccc(C(=O)NCC(F)(F)F)cc1NCC(=O)N1CCNC1=O. The number of hydrogen-bond acceptors (Lipinski definition) is 4. The van der Waals surface area contributed by atoms with Gasteiger partial charge in [-0.05, 0) is 24.6 Å². The van der Waals surface area contributed by atoms with Gasteiger partial charge in [-0.15, -0.1) is 0 Å². The molecule has 7 nitrogen and oxygen atoms in total. The Balaban J connectivity index is 2.00. The summed E-state index contributed by atoms with van der Waals surface area (Å²) in [6, 6.07) is 3.84. The molecular formula is C15H17F3N4O3. The molecule has 1 aliphatic rings. The molecule has 0 radical (unpaired) electrons. The minimum absolute atomic E-state index is 0.0312. The molecule has 0 aliphatic carbocycles. The first-order valence-corrected chi connectivity index (χ1v) is 7.45. The molecular weight excluding hydrogens is 341 g/mol. The number of amides is 4. The molecule has 0 spiro atoms. The molecule has 1 aromatic rings. The number of aryl methyl sites for hydroxylation is 1. The molecule has 4 amide bonds. The van der Waals surface area contributed by atoms with Crippen molar-refractivity contribution in [1.29, 1.82) is 0 Å². The molecule has 3 N–H and O–H groups in total. The van der Waals surface area contributed by atoms with Gasteiger partial charge in [-0.2, -0.15) is 13.2 Å². The molecule has 0 bridgehead atoms. The molecule has 1 fully saturated rings. The van der Waals surface area contributed by atoms with Crippen molar-refractivity contribution in [3.05, 3.63) is 29.3 Å². The van der Waals surface area contributed by atoms with Crippen molar-refractivity contribution in [1.82, 2.24) is 15.5 Å². The van der Waals surface area contributed by atoms with E-state index in [-0.39, 0.29) is 18.7 Å². The number of benzene rings is 1. The summed E-state index contributed by atoms with van der Waals surface area (Å²) >= 11 is 0. The largest absolute Gasteiger partial charge is 0.405 e. The number of alkyl halides is 3. The molecule has 10 heteroatoms. The van der Waals surface area contributed by atoms with Crippen molar-refractivity contribution in [3.8, 4) is 0 Å². The lowest BCUT2D eigenvalue weighted by molar-refractivity contribution is -0.125. The second-order valence-electron chi connectivity index (χ2n) is 5.46. The van der Waals surface area contributed by atoms with E-state index in [1.807, 2.05) is 0 Å². The van der Waals surface area contributed by atoms with Crippen molar-refractivity contribution in [3.63, 3.8) is 0 Å². The van der Waals surface area contributed by atoms with Crippen LogP contribution >= 0.6 is 0 Å². The van der Waals surface area contributed by atoms with Crippen LogP contribution in [0.1, 0.15) is 15.9 Å². The van der Waals surface area contributed by atoms with Crippen LogP contribution in [0.15, 0.2) is 18.2 Å². The zero-order chi connectivity index (χ0) is 18.6. The lowest BCUT2D eigenvalue weighted by atomic mass is 10.1. The predicted molar refractivity (Wildman–Crippen MR) is 83.2 cm³/mol. The maximum atomic E-state index is 12.2. The van der Waals surface area contributed by atoms with Crippen molar-refractivity contribution >= 4 is 23.5 Å². The Morgan fingerprint density at radius 3 is 2.64 bits per heavy atom. The molecule has 0 saturated carbocycles. The molecule has 136 valence electrons. The average Bonchev–Trinajstić information content (AvgIpc) is 2.97. The molecule has 0 aromatic heterocycles. The van der Waals surface area contributed by atoms with Crippen molar-refractivity contribution in [2.75, 3.05) is 31.5 Å². The fraction of sp³-hybridized carbons (Fsp3) is 0.400. The van der Waals surface area contributed by atoms with E-state index in [0.717, 1.165) is 4.90 Å². The second-order valence-corrected chi connectivity index (χ2v) is 5.46. The van der Waals surface area contributed by atoms with Crippen LogP contribution < -0.4 is 16.0 Å². The fourth-order valence-electron chi connectivity index (χ4n) is 2.21. The van der Waals surface area contributed by atoms with E-state index in [1.165, 1.54) is 12.1 Å². The number of nitrogens with one attached hydrogen (secondary N) is 3. The zero-order valence-corrected chi connectivity index (χ0v) is 13.4. The average molecular weight is 358 g/mol. The molecule has 1 aliphatic heterocycles. The highest BCUT2D eigenvalue weighted by Gasteiger charge is 2.28. The van der Waals surface area contributed by atoms with Gasteiger partial charge in [0.05, 0.1) is 6.54 Å². The molecule has 25 heavy (non-hydrogen) atoms. The van der Waals surface area contributed by atoms with Gasteiger partial charge in [-0.25, -0.2) is 4.79 Å². The third-order valence-corrected chi connectivity index (χ3v) is 3.54. The number of urea groups is 1. The summed E-state index contributed by atoms with van der Waals surface area (Å²) in [5.41, 5.74) is 1.15. The van der Waals surface area contributed by atoms with E-state index in [4.69, 9.17) is 0 Å². The Morgan fingerprint density at radius 1 is 1.32 bits per heavy atom. The van der Waals surface area contributed by atoms with E-state index >= 15 is 0 Å². The Morgan fingerprint density at radius 2 is 2.04 bits per heavy atom. The van der Waals surface area contributed by atoms with Crippen LogP contribution in [0.4, 0.5) is 23.7 Å². The maximum Gasteiger partial charge on any atom is 0.405 e. The standard InChI is InChI=1S/C15H17F3N4O3/c1-9-2-3-10(13(24)21-8-15(16,17)18)6-11(9)20-7-12(23)22-5-4-19-14(22)25/h2-3,6,20H,4-5,7-8H2,1H3,(H,19,25)(H,21,24). The third-order valence-electron chi connectivity index (χ3n) is 3.54. The van der Waals surface area contributed by atoms with Crippen LogP contribution in [-0.2, 0) is 4.79 Å². The Labute approximate surface area is 141 Å². The number of carbonyl (C=O) groups excluding carboxylic acids is 3. The fourth-order valence-corrected chi connectivity index (χ4v) is 2.21. The number of hydrogen-bond donors (Lipinski definition) is 3. The first-order valence-electron chi connectivity index (χ1n) is 7.45. The molecule has 0 unspecified atom stereocenters. The summed E-state index contributed by atoms with van der Waals surface area (Å²) in [5, 5.41) is 7.09. The van der Waals surface area contributed by atoms with Crippen LogP contribution in [0.2, 0.25) is 0 Å². The summed E-state index contributed by atoms with van der Waals surface area (Å²) in [5.74, 6) is -1.31. The minimum atomic E-state index is -4.50. The van der Waals surface area contributed by atoms with Crippen molar-refractivity contribution < 1.29 is 27.6 Å². The highest BCUT2D eigenvalue weighted by atomic mass is 19.4. The Kier molecular flexibility index (Phi) is 5.50. The van der Waals surface area contributed by atoms with E-state index in [0.29, 0.717) is 17.8 Å². The van der Waals surface area contributed by atoms with E-state index in [9.17, 15) is 27.6 Å². The summed E-state index contributed by atoms with van der Waals surface area (Å²) < 4.78 is 36.5. The van der Waals surface area contributed by atoms with Gasteiger partial charge in [0.25, 0.3) is 5.91 Å². The molecule has 1 aromatic carbocycles. The highest BCUT2D eigenvalue weighted by Crippen LogP contribution is 2.18. The maximum absolute atomic E-state index is 12.2. The molecule has 1 heterocycles. The summed E-state index contributed by atoms with van der Waals surface area (Å²) in [7, 11) is 0. The van der Waals surface area contributed by atoms with Gasteiger partial charge in [0, 0.05) is 24.3 Å². The number of nitrogens with zero attached hydrogens (tertiary/aromatic N) is 1. The molecule has 2 rings (SSSR count). The first-order chi connectivity index (χ1) is 11.7. The van der Waals surface area contributed by atoms with Gasteiger partial charge in [0.1, 0.15) is 6.54 Å². The highest BCUT2D eigenvalue weighted by molar-refractivity contribution is 5.98. The van der Waals surface area contributed by atoms with Crippen LogP contribution in [-0.4, -0.2) is 55.1 Å². The lowest BCUT2D eigenvalue weighted by Gasteiger charge is -2.15. The number of anilines is 1. The van der Waals surface area contributed by atoms with Crippen LogP contribution in [0.25, 0.3) is 0 Å². The van der Waals surface area contributed by atoms with Crippen molar-refractivity contribution in [2.24, 2.45) is 0 Å². The normalized spacial score (nSPS) is 14.2. The summed E-state index contributed by atoms with van der Waals surface area (Å²) in [6.45, 7) is 0.774. The topological polar surface area (TPSA) is 90.5 Å². The summed E-state index contributed by atoms with van der Waals surface area (Å²) in [4.78, 5) is 36.2. The quantitative estimate of drug-likeness (QED) is 0.739. The zero-order valence-electron chi connectivity index (χ0n) is 13.4. The molecule has 0 atom stereocenters. The van der Waals surface area contributed by atoms with Crippen LogP contribution in [0.5, 0.6) is 0 Å². The molecule has 1 saturated heterocycles. The van der Waals surface area contributed by atoms with E-state index < -0.39 is 30.6 Å². The summed E-state index contributed by atoms with van der Waals surface area (Å²) in [6.07, 6.45) is -4.50. The lowest BCUT2D eigenvalue weighted by Crippen LogP contribution is -2.38. The number of halogens is 3. The Bertz CT molecular complexity index is 691. The van der Waals surface area contributed by atoms with Gasteiger partial charge in [-0.3, -0.25) is 14.5 Å². The number of rotatable bonds is 5. The third kappa shape index (κ3) is 5.10. The van der Waals surface area contributed by atoms with Gasteiger partial charge >= 0.3 is 12.2 Å². The van der Waals surface area contributed by atoms with Crippen LogP contribution in [0, 0.1) is 6.92 Å². The monoisotopic (exact) mass is 358 g/mol. The van der Waals surface area contributed by atoms with Gasteiger partial charge in [0.15, 0.2) is 0 Å². The van der Waals surface area contributed by atoms with E-state index in [1.54, 1.807) is 18.3 Å². The Hall–Kier alpha value is -2.78. The van der Waals surface area contributed by atoms with Crippen molar-refractivity contribution in [2.45, 2.75) is 13.1 Å². The number of imide groups is 1. The second kappa shape index (κ2) is 7.41. The van der Waals surface area contributed by atoms with Crippen LogP contribution in [0.3, 0.4) is 0 Å². The number of carbonyl (C=O) groups is 3. The van der Waals surface area contributed by atoms with E-state index in [2.05, 4.69) is 10.6 Å². The predicted octanol–water partition coefficient (Wildman–Crippen LogP) is 1.25. The smallest absolute Gasteiger partial charge is 0.376 e. The van der Waals surface area contributed by atoms with Gasteiger partial charge in [-0.1, -0.05) is 6.07 Å². The van der Waals surface area contributed by atoms with Gasteiger partial charge in [0.2, 0.25) is 5.91 Å².